The van der Waals surface area contributed by atoms with Crippen LogP contribution < -0.4 is 5.32 Å². The number of rotatable bonds is 6. The van der Waals surface area contributed by atoms with Gasteiger partial charge in [-0.05, 0) is 55.5 Å². The molecule has 0 saturated heterocycles. The van der Waals surface area contributed by atoms with Gasteiger partial charge in [-0.3, -0.25) is 0 Å². The van der Waals surface area contributed by atoms with E-state index in [1.54, 1.807) is 0 Å². The Kier molecular flexibility index (Phi) is 4.51. The summed E-state index contributed by atoms with van der Waals surface area (Å²) >= 11 is 3.47. The quantitative estimate of drug-likeness (QED) is 0.804. The molecule has 2 aromatic rings. The first kappa shape index (κ1) is 14.9. The first-order valence-corrected chi connectivity index (χ1v) is 8.47. The maximum Gasteiger partial charge on any atom is 0.117 e. The van der Waals surface area contributed by atoms with Crippen LogP contribution in [0, 0.1) is 5.92 Å². The molecule has 0 bridgehead atoms. The summed E-state index contributed by atoms with van der Waals surface area (Å²) in [5, 5.41) is 3.54. The minimum Gasteiger partial charge on any atom is -0.464 e. The minimum absolute atomic E-state index is 0.430. The van der Waals surface area contributed by atoms with Gasteiger partial charge >= 0.3 is 0 Å². The van der Waals surface area contributed by atoms with Gasteiger partial charge in [0.1, 0.15) is 11.5 Å². The lowest BCUT2D eigenvalue weighted by atomic mass is 10.1. The van der Waals surface area contributed by atoms with Crippen LogP contribution in [-0.2, 0) is 13.0 Å². The van der Waals surface area contributed by atoms with E-state index >= 15 is 0 Å². The van der Waals surface area contributed by atoms with Crippen molar-refractivity contribution >= 4 is 15.9 Å². The molecule has 1 aromatic carbocycles. The summed E-state index contributed by atoms with van der Waals surface area (Å²) in [6.07, 6.45) is 2.31. The SMILES string of the molecule is CC(Cc1ccc(Br)cc1)NCc1ccc(C2CC2C)o1. The van der Waals surface area contributed by atoms with Crippen molar-refractivity contribution in [2.24, 2.45) is 5.92 Å². The lowest BCUT2D eigenvalue weighted by Gasteiger charge is -2.13. The van der Waals surface area contributed by atoms with Gasteiger partial charge in [0.25, 0.3) is 0 Å². The molecule has 1 fully saturated rings. The number of halogens is 1. The monoisotopic (exact) mass is 347 g/mol. The van der Waals surface area contributed by atoms with Gasteiger partial charge in [-0.1, -0.05) is 35.0 Å². The van der Waals surface area contributed by atoms with Crippen LogP contribution in [0.25, 0.3) is 0 Å². The van der Waals surface area contributed by atoms with Crippen LogP contribution >= 0.6 is 15.9 Å². The lowest BCUT2D eigenvalue weighted by Crippen LogP contribution is -2.27. The molecule has 1 aliphatic rings. The second-order valence-electron chi connectivity index (χ2n) is 6.24. The van der Waals surface area contributed by atoms with Crippen LogP contribution in [0.5, 0.6) is 0 Å². The van der Waals surface area contributed by atoms with Crippen molar-refractivity contribution in [1.82, 2.24) is 5.32 Å². The molecule has 3 rings (SSSR count). The molecule has 1 aromatic heterocycles. The van der Waals surface area contributed by atoms with Gasteiger partial charge in [0, 0.05) is 16.4 Å². The highest BCUT2D eigenvalue weighted by Gasteiger charge is 2.36. The molecular formula is C18H22BrNO. The first-order valence-electron chi connectivity index (χ1n) is 7.68. The summed E-state index contributed by atoms with van der Waals surface area (Å²) in [6, 6.07) is 13.2. The molecule has 1 aliphatic carbocycles. The average Bonchev–Trinajstić information content (AvgIpc) is 3.01. The number of hydrogen-bond donors (Lipinski definition) is 1. The second-order valence-corrected chi connectivity index (χ2v) is 7.15. The van der Waals surface area contributed by atoms with E-state index in [9.17, 15) is 0 Å². The van der Waals surface area contributed by atoms with E-state index in [-0.39, 0.29) is 0 Å². The molecule has 0 spiro atoms. The van der Waals surface area contributed by atoms with Crippen LogP contribution in [0.3, 0.4) is 0 Å². The third-order valence-electron chi connectivity index (χ3n) is 4.24. The second kappa shape index (κ2) is 6.37. The highest BCUT2D eigenvalue weighted by atomic mass is 79.9. The lowest BCUT2D eigenvalue weighted by molar-refractivity contribution is 0.426. The van der Waals surface area contributed by atoms with E-state index in [4.69, 9.17) is 4.42 Å². The Morgan fingerprint density at radius 1 is 1.24 bits per heavy atom. The molecule has 3 atom stereocenters. The minimum atomic E-state index is 0.430. The Labute approximate surface area is 135 Å². The molecule has 112 valence electrons. The highest BCUT2D eigenvalue weighted by Crippen LogP contribution is 2.47. The molecule has 1 heterocycles. The van der Waals surface area contributed by atoms with Gasteiger partial charge in [0.05, 0.1) is 6.54 Å². The zero-order valence-corrected chi connectivity index (χ0v) is 14.2. The molecule has 3 unspecified atom stereocenters. The van der Waals surface area contributed by atoms with Crippen molar-refractivity contribution in [3.8, 4) is 0 Å². The molecule has 1 saturated carbocycles. The first-order chi connectivity index (χ1) is 10.1. The zero-order valence-electron chi connectivity index (χ0n) is 12.6. The van der Waals surface area contributed by atoms with Gasteiger partial charge < -0.3 is 9.73 Å². The van der Waals surface area contributed by atoms with Crippen molar-refractivity contribution in [1.29, 1.82) is 0 Å². The summed E-state index contributed by atoms with van der Waals surface area (Å²) in [6.45, 7) is 5.30. The summed E-state index contributed by atoms with van der Waals surface area (Å²) in [5.74, 6) is 3.68. The maximum atomic E-state index is 5.93. The topological polar surface area (TPSA) is 25.2 Å². The molecule has 3 heteroatoms. The standard InChI is InChI=1S/C18H22BrNO/c1-12-9-17(12)18-8-7-16(21-18)11-20-13(2)10-14-3-5-15(19)6-4-14/h3-8,12-13,17,20H,9-11H2,1-2H3. The molecule has 0 radical (unpaired) electrons. The Bertz CT molecular complexity index is 590. The molecule has 2 nitrogen and oxygen atoms in total. The van der Waals surface area contributed by atoms with E-state index in [1.165, 1.54) is 17.7 Å². The molecule has 21 heavy (non-hydrogen) atoms. The van der Waals surface area contributed by atoms with Gasteiger partial charge in [-0.25, -0.2) is 0 Å². The average molecular weight is 348 g/mol. The third-order valence-corrected chi connectivity index (χ3v) is 4.77. The smallest absolute Gasteiger partial charge is 0.117 e. The van der Waals surface area contributed by atoms with Crippen molar-refractivity contribution < 1.29 is 4.42 Å². The van der Waals surface area contributed by atoms with E-state index in [0.717, 1.165) is 29.1 Å². The van der Waals surface area contributed by atoms with Crippen LogP contribution in [0.4, 0.5) is 0 Å². The van der Waals surface area contributed by atoms with E-state index in [1.807, 2.05) is 0 Å². The normalized spacial score (nSPS) is 22.2. The summed E-state index contributed by atoms with van der Waals surface area (Å²) in [4.78, 5) is 0. The molecule has 1 N–H and O–H groups in total. The van der Waals surface area contributed by atoms with Gasteiger partial charge in [0.2, 0.25) is 0 Å². The molecule has 0 aliphatic heterocycles. The zero-order chi connectivity index (χ0) is 14.8. The maximum absolute atomic E-state index is 5.93. The van der Waals surface area contributed by atoms with Gasteiger partial charge in [-0.15, -0.1) is 0 Å². The number of nitrogens with one attached hydrogen (secondary N) is 1. The highest BCUT2D eigenvalue weighted by molar-refractivity contribution is 9.10. The fraction of sp³-hybridized carbons (Fsp3) is 0.444. The third kappa shape index (κ3) is 3.98. The van der Waals surface area contributed by atoms with Crippen molar-refractivity contribution in [3.05, 3.63) is 58.0 Å². The summed E-state index contributed by atoms with van der Waals surface area (Å²) < 4.78 is 7.05. The Morgan fingerprint density at radius 2 is 1.95 bits per heavy atom. The predicted octanol–water partition coefficient (Wildman–Crippen LogP) is 4.89. The van der Waals surface area contributed by atoms with Gasteiger partial charge in [-0.2, -0.15) is 0 Å². The number of benzene rings is 1. The largest absolute Gasteiger partial charge is 0.464 e. The number of furan rings is 1. The van der Waals surface area contributed by atoms with E-state index < -0.39 is 0 Å². The van der Waals surface area contributed by atoms with Crippen LogP contribution in [0.2, 0.25) is 0 Å². The summed E-state index contributed by atoms with van der Waals surface area (Å²) in [5.41, 5.74) is 1.35. The van der Waals surface area contributed by atoms with Crippen LogP contribution in [0.1, 0.15) is 43.3 Å². The Hall–Kier alpha value is -1.06. The van der Waals surface area contributed by atoms with Gasteiger partial charge in [0.15, 0.2) is 0 Å². The Morgan fingerprint density at radius 3 is 2.62 bits per heavy atom. The predicted molar refractivity (Wildman–Crippen MR) is 89.4 cm³/mol. The van der Waals surface area contributed by atoms with Crippen molar-refractivity contribution in [3.63, 3.8) is 0 Å². The summed E-state index contributed by atoms with van der Waals surface area (Å²) in [7, 11) is 0. The molecule has 0 amide bonds. The fourth-order valence-electron chi connectivity index (χ4n) is 2.73. The van der Waals surface area contributed by atoms with Crippen LogP contribution in [-0.4, -0.2) is 6.04 Å². The number of hydrogen-bond acceptors (Lipinski definition) is 2. The van der Waals surface area contributed by atoms with Crippen LogP contribution in [0.15, 0.2) is 45.3 Å². The van der Waals surface area contributed by atoms with E-state index in [0.29, 0.717) is 12.0 Å². The molecular weight excluding hydrogens is 326 g/mol. The van der Waals surface area contributed by atoms with Crippen molar-refractivity contribution in [2.45, 2.75) is 45.2 Å². The Balaban J connectivity index is 1.48. The van der Waals surface area contributed by atoms with Crippen molar-refractivity contribution in [2.75, 3.05) is 0 Å². The van der Waals surface area contributed by atoms with E-state index in [2.05, 4.69) is 71.5 Å². The fourth-order valence-corrected chi connectivity index (χ4v) is 2.99.